The maximum absolute atomic E-state index is 12.6. The van der Waals surface area contributed by atoms with Gasteiger partial charge in [-0.3, -0.25) is 0 Å². The summed E-state index contributed by atoms with van der Waals surface area (Å²) in [7, 11) is -2.12. The summed E-state index contributed by atoms with van der Waals surface area (Å²) in [4.78, 5) is 12.6. The molecule has 2 atom stereocenters. The first-order valence-electron chi connectivity index (χ1n) is 11.8. The molecular weight excluding hydrogens is 348 g/mol. The Labute approximate surface area is 171 Å². The molecule has 0 aromatic carbocycles. The van der Waals surface area contributed by atoms with Crippen molar-refractivity contribution >= 4 is 14.3 Å². The van der Waals surface area contributed by atoms with Gasteiger partial charge in [0.05, 0.1) is 0 Å². The average Bonchev–Trinajstić information content (AvgIpc) is 2.66. The average molecular weight is 397 g/mol. The minimum atomic E-state index is -2.12. The first-order chi connectivity index (χ1) is 12.9. The number of carbonyl (C=O) groups excluding carboxylic acids is 1. The molecule has 0 fully saturated rings. The highest BCUT2D eigenvalue weighted by Gasteiger charge is 2.41. The largest absolute Gasteiger partial charge is 0.516 e. The molecule has 0 rings (SSSR count). The van der Waals surface area contributed by atoms with Gasteiger partial charge in [0.1, 0.15) is 0 Å². The van der Waals surface area contributed by atoms with Crippen LogP contribution < -0.4 is 0 Å². The molecule has 0 aliphatic carbocycles. The van der Waals surface area contributed by atoms with Gasteiger partial charge in [0, 0.05) is 5.57 Å². The minimum absolute atomic E-state index is 0.131. The first-order valence-corrected chi connectivity index (χ1v) is 14.3. The Balaban J connectivity index is 5.59. The molecule has 0 aromatic rings. The van der Waals surface area contributed by atoms with E-state index in [1.807, 2.05) is 0 Å². The molecule has 2 nitrogen and oxygen atoms in total. The van der Waals surface area contributed by atoms with Gasteiger partial charge in [-0.2, -0.15) is 0 Å². The van der Waals surface area contributed by atoms with Gasteiger partial charge in [0.15, 0.2) is 0 Å². The van der Waals surface area contributed by atoms with Crippen LogP contribution in [0.15, 0.2) is 12.2 Å². The molecule has 2 unspecified atom stereocenters. The highest BCUT2D eigenvalue weighted by Crippen LogP contribution is 2.37. The maximum Gasteiger partial charge on any atom is 0.319 e. The van der Waals surface area contributed by atoms with E-state index in [0.717, 1.165) is 18.1 Å². The summed E-state index contributed by atoms with van der Waals surface area (Å²) in [6.45, 7) is 17.1. The fourth-order valence-electron chi connectivity index (χ4n) is 4.14. The lowest BCUT2D eigenvalue weighted by atomic mass is 10.0. The van der Waals surface area contributed by atoms with Crippen LogP contribution in [0.3, 0.4) is 0 Å². The predicted octanol–water partition coefficient (Wildman–Crippen LogP) is 8.28. The first kappa shape index (κ1) is 26.4. The third kappa shape index (κ3) is 11.1. The lowest BCUT2D eigenvalue weighted by molar-refractivity contribution is -0.131. The second kappa shape index (κ2) is 15.4. The molecule has 0 radical (unpaired) electrons. The Kier molecular flexibility index (Phi) is 15.0. The maximum atomic E-state index is 12.6. The van der Waals surface area contributed by atoms with E-state index < -0.39 is 8.32 Å². The number of rotatable bonds is 17. The summed E-state index contributed by atoms with van der Waals surface area (Å²) in [6.07, 6.45) is 12.4. The number of hydrogen-bond acceptors (Lipinski definition) is 2. The van der Waals surface area contributed by atoms with Crippen LogP contribution in [-0.4, -0.2) is 14.3 Å². The summed E-state index contributed by atoms with van der Waals surface area (Å²) in [5.41, 5.74) is 0.562. The zero-order valence-electron chi connectivity index (χ0n) is 19.4. The summed E-state index contributed by atoms with van der Waals surface area (Å²) < 4.78 is 6.43. The normalized spacial score (nSPS) is 15.8. The van der Waals surface area contributed by atoms with Crippen LogP contribution in [0.25, 0.3) is 0 Å². The molecule has 160 valence electrons. The molecule has 0 bridgehead atoms. The Morgan fingerprint density at radius 1 is 0.852 bits per heavy atom. The summed E-state index contributed by atoms with van der Waals surface area (Å²) >= 11 is 0. The molecule has 0 heterocycles. The molecule has 0 aliphatic heterocycles. The zero-order valence-corrected chi connectivity index (χ0v) is 20.4. The Morgan fingerprint density at radius 2 is 1.30 bits per heavy atom. The molecule has 0 amide bonds. The van der Waals surface area contributed by atoms with E-state index in [-0.39, 0.29) is 5.97 Å². The van der Waals surface area contributed by atoms with Crippen LogP contribution in [0.5, 0.6) is 0 Å². The fraction of sp³-hybridized carbons (Fsp3) is 0.875. The van der Waals surface area contributed by atoms with Gasteiger partial charge in [0.2, 0.25) is 0 Å². The van der Waals surface area contributed by atoms with Crippen LogP contribution in [0.4, 0.5) is 0 Å². The Bertz CT molecular complexity index is 387. The van der Waals surface area contributed by atoms with Crippen molar-refractivity contribution in [2.75, 3.05) is 0 Å². The molecule has 0 aliphatic rings. The minimum Gasteiger partial charge on any atom is -0.516 e. The topological polar surface area (TPSA) is 26.3 Å². The molecule has 0 aromatic heterocycles. The summed E-state index contributed by atoms with van der Waals surface area (Å²) in [5, 5.41) is 0. The fourth-order valence-corrected chi connectivity index (χ4v) is 9.64. The number of carbonyl (C=O) groups is 1. The number of unbranched alkanes of at least 4 members (excludes halogenated alkanes) is 3. The van der Waals surface area contributed by atoms with Crippen LogP contribution in [0.2, 0.25) is 18.1 Å². The van der Waals surface area contributed by atoms with Crippen molar-refractivity contribution < 1.29 is 9.22 Å². The summed E-state index contributed by atoms with van der Waals surface area (Å²) in [6, 6.07) is 3.45. The third-order valence-corrected chi connectivity index (χ3v) is 10.6. The van der Waals surface area contributed by atoms with E-state index in [4.69, 9.17) is 4.43 Å². The van der Waals surface area contributed by atoms with E-state index in [2.05, 4.69) is 41.2 Å². The molecule has 0 N–H and O–H groups in total. The van der Waals surface area contributed by atoms with Gasteiger partial charge in [0.25, 0.3) is 8.32 Å². The van der Waals surface area contributed by atoms with Crippen LogP contribution >= 0.6 is 0 Å². The van der Waals surface area contributed by atoms with E-state index in [1.54, 1.807) is 6.92 Å². The van der Waals surface area contributed by atoms with Gasteiger partial charge < -0.3 is 4.43 Å². The van der Waals surface area contributed by atoms with Gasteiger partial charge in [-0.25, -0.2) is 4.79 Å². The van der Waals surface area contributed by atoms with Crippen LogP contribution in [0, 0.1) is 11.8 Å². The van der Waals surface area contributed by atoms with Crippen molar-refractivity contribution in [3.05, 3.63) is 12.2 Å². The van der Waals surface area contributed by atoms with E-state index >= 15 is 0 Å². The highest BCUT2D eigenvalue weighted by molar-refractivity contribution is 6.75. The lowest BCUT2D eigenvalue weighted by Crippen LogP contribution is -2.44. The van der Waals surface area contributed by atoms with Gasteiger partial charge >= 0.3 is 5.97 Å². The third-order valence-electron chi connectivity index (χ3n) is 6.05. The molecular formula is C24H48O2Si. The second-order valence-corrected chi connectivity index (χ2v) is 12.6. The second-order valence-electron chi connectivity index (χ2n) is 8.70. The van der Waals surface area contributed by atoms with Crippen molar-refractivity contribution in [3.8, 4) is 0 Å². The quantitative estimate of drug-likeness (QED) is 0.182. The van der Waals surface area contributed by atoms with Gasteiger partial charge in [-0.15, -0.1) is 0 Å². The smallest absolute Gasteiger partial charge is 0.319 e. The van der Waals surface area contributed by atoms with Crippen molar-refractivity contribution in [1.82, 2.24) is 0 Å². The van der Waals surface area contributed by atoms with E-state index in [9.17, 15) is 4.79 Å². The van der Waals surface area contributed by atoms with Crippen LogP contribution in [-0.2, 0) is 9.22 Å². The van der Waals surface area contributed by atoms with Crippen molar-refractivity contribution in [2.24, 2.45) is 11.8 Å². The van der Waals surface area contributed by atoms with Crippen LogP contribution in [0.1, 0.15) is 106 Å². The molecule has 0 saturated heterocycles. The standard InChI is InChI=1S/C24H48O2Si/c1-8-13-16-22(11-4)19-27(18-15-10-3,26-24(25)21(6)7)20-23(12-5)17-14-9-2/h22-23H,6,8-20H2,1-5,7H3. The lowest BCUT2D eigenvalue weighted by Gasteiger charge is -2.37. The predicted molar refractivity (Wildman–Crippen MR) is 123 cm³/mol. The molecule has 0 saturated carbocycles. The van der Waals surface area contributed by atoms with Crippen molar-refractivity contribution in [3.63, 3.8) is 0 Å². The van der Waals surface area contributed by atoms with Crippen molar-refractivity contribution in [1.29, 1.82) is 0 Å². The SMILES string of the molecule is C=C(C)C(=O)O[Si](CCCC)(CC(CC)CCCC)CC(CC)CCCC. The highest BCUT2D eigenvalue weighted by atomic mass is 28.4. The molecule has 27 heavy (non-hydrogen) atoms. The van der Waals surface area contributed by atoms with Crippen molar-refractivity contribution in [2.45, 2.75) is 124 Å². The summed E-state index contributed by atoms with van der Waals surface area (Å²) in [5.74, 6) is 1.28. The Hall–Kier alpha value is -0.573. The molecule has 3 heteroatoms. The Morgan fingerprint density at radius 3 is 1.63 bits per heavy atom. The molecule has 0 spiro atoms. The monoisotopic (exact) mass is 396 g/mol. The van der Waals surface area contributed by atoms with Gasteiger partial charge in [-0.05, 0) is 36.9 Å². The van der Waals surface area contributed by atoms with E-state index in [1.165, 1.54) is 64.2 Å². The van der Waals surface area contributed by atoms with Gasteiger partial charge in [-0.1, -0.05) is 105 Å². The zero-order chi connectivity index (χ0) is 20.7. The van der Waals surface area contributed by atoms with E-state index in [0.29, 0.717) is 17.4 Å². The number of hydrogen-bond donors (Lipinski definition) is 0.